The van der Waals surface area contributed by atoms with Crippen LogP contribution in [-0.2, 0) is 16.0 Å². The van der Waals surface area contributed by atoms with Gasteiger partial charge in [-0.2, -0.15) is 0 Å². The molecule has 1 aromatic rings. The van der Waals surface area contributed by atoms with Gasteiger partial charge < -0.3 is 14.8 Å². The van der Waals surface area contributed by atoms with Gasteiger partial charge in [0.15, 0.2) is 0 Å². The molecule has 4 heteroatoms. The van der Waals surface area contributed by atoms with Gasteiger partial charge in [0.2, 0.25) is 0 Å². The van der Waals surface area contributed by atoms with Crippen LogP contribution in [0, 0.1) is 5.92 Å². The fourth-order valence-corrected chi connectivity index (χ4v) is 2.23. The number of carbonyl (C=O) groups excluding carboxylic acids is 1. The van der Waals surface area contributed by atoms with Gasteiger partial charge in [-0.3, -0.25) is 4.79 Å². The molecule has 1 N–H and O–H groups in total. The molecule has 0 bridgehead atoms. The van der Waals surface area contributed by atoms with E-state index in [1.165, 1.54) is 7.11 Å². The van der Waals surface area contributed by atoms with Crippen LogP contribution in [0.5, 0.6) is 5.75 Å². The molecule has 0 aliphatic carbocycles. The number of hydrogen-bond donors (Lipinski definition) is 1. The maximum absolute atomic E-state index is 11.8. The lowest BCUT2D eigenvalue weighted by molar-refractivity contribution is -0.144. The molecule has 0 fully saturated rings. The maximum Gasteiger partial charge on any atom is 0.323 e. The summed E-state index contributed by atoms with van der Waals surface area (Å²) in [7, 11) is 3.09. The first-order valence-corrected chi connectivity index (χ1v) is 6.95. The van der Waals surface area contributed by atoms with Crippen molar-refractivity contribution in [2.24, 2.45) is 5.92 Å². The van der Waals surface area contributed by atoms with E-state index >= 15 is 0 Å². The van der Waals surface area contributed by atoms with E-state index < -0.39 is 0 Å². The molecule has 1 rings (SSSR count). The minimum atomic E-state index is -0.287. The highest BCUT2D eigenvalue weighted by molar-refractivity contribution is 5.75. The zero-order valence-corrected chi connectivity index (χ0v) is 13.0. The minimum absolute atomic E-state index is 0.151. The van der Waals surface area contributed by atoms with Crippen molar-refractivity contribution in [2.75, 3.05) is 14.2 Å². The zero-order valence-electron chi connectivity index (χ0n) is 13.0. The van der Waals surface area contributed by atoms with Crippen molar-refractivity contribution < 1.29 is 14.3 Å². The molecule has 0 heterocycles. The van der Waals surface area contributed by atoms with E-state index in [1.807, 2.05) is 38.1 Å². The number of carbonyl (C=O) groups is 1. The van der Waals surface area contributed by atoms with Crippen LogP contribution in [-0.4, -0.2) is 32.3 Å². The SMILES string of the molecule is COC(=O)[C@@H](NC(C)Cc1ccccc1OC)C(C)C. The van der Waals surface area contributed by atoms with E-state index in [2.05, 4.69) is 12.2 Å². The lowest BCUT2D eigenvalue weighted by Gasteiger charge is -2.24. The Balaban J connectivity index is 2.70. The summed E-state index contributed by atoms with van der Waals surface area (Å²) in [6.07, 6.45) is 0.796. The number of nitrogens with one attached hydrogen (secondary N) is 1. The van der Waals surface area contributed by atoms with Gasteiger partial charge in [-0.05, 0) is 30.9 Å². The Labute approximate surface area is 121 Å². The highest BCUT2D eigenvalue weighted by Crippen LogP contribution is 2.19. The summed E-state index contributed by atoms with van der Waals surface area (Å²) in [6, 6.07) is 7.79. The minimum Gasteiger partial charge on any atom is -0.496 e. The van der Waals surface area contributed by atoms with E-state index in [1.54, 1.807) is 7.11 Å². The predicted molar refractivity (Wildman–Crippen MR) is 79.9 cm³/mol. The summed E-state index contributed by atoms with van der Waals surface area (Å²) in [5, 5.41) is 3.34. The van der Waals surface area contributed by atoms with Crippen molar-refractivity contribution in [2.45, 2.75) is 39.3 Å². The van der Waals surface area contributed by atoms with Gasteiger partial charge >= 0.3 is 5.97 Å². The quantitative estimate of drug-likeness (QED) is 0.779. The molecule has 20 heavy (non-hydrogen) atoms. The van der Waals surface area contributed by atoms with Crippen molar-refractivity contribution in [1.29, 1.82) is 0 Å². The Hall–Kier alpha value is -1.55. The summed E-state index contributed by atoms with van der Waals surface area (Å²) < 4.78 is 10.2. The molecular formula is C16H25NO3. The highest BCUT2D eigenvalue weighted by Gasteiger charge is 2.24. The average molecular weight is 279 g/mol. The van der Waals surface area contributed by atoms with Gasteiger partial charge in [0, 0.05) is 6.04 Å². The molecule has 0 aromatic heterocycles. The van der Waals surface area contributed by atoms with Crippen molar-refractivity contribution >= 4 is 5.97 Å². The van der Waals surface area contributed by atoms with Gasteiger partial charge in [-0.25, -0.2) is 0 Å². The Morgan fingerprint density at radius 1 is 1.20 bits per heavy atom. The van der Waals surface area contributed by atoms with Crippen LogP contribution in [0.15, 0.2) is 24.3 Å². The number of hydrogen-bond acceptors (Lipinski definition) is 4. The first-order chi connectivity index (χ1) is 9.49. The molecule has 0 aliphatic heterocycles. The van der Waals surface area contributed by atoms with Crippen molar-refractivity contribution in [3.63, 3.8) is 0 Å². The third kappa shape index (κ3) is 4.53. The van der Waals surface area contributed by atoms with E-state index in [9.17, 15) is 4.79 Å². The van der Waals surface area contributed by atoms with E-state index in [-0.39, 0.29) is 24.0 Å². The van der Waals surface area contributed by atoms with Crippen LogP contribution in [0.25, 0.3) is 0 Å². The zero-order chi connectivity index (χ0) is 15.1. The topological polar surface area (TPSA) is 47.6 Å². The highest BCUT2D eigenvalue weighted by atomic mass is 16.5. The van der Waals surface area contributed by atoms with E-state index in [4.69, 9.17) is 9.47 Å². The van der Waals surface area contributed by atoms with E-state index in [0.29, 0.717) is 0 Å². The normalized spacial score (nSPS) is 13.9. The number of benzene rings is 1. The van der Waals surface area contributed by atoms with Crippen LogP contribution in [0.4, 0.5) is 0 Å². The molecule has 2 atom stereocenters. The van der Waals surface area contributed by atoms with Crippen molar-refractivity contribution in [3.8, 4) is 5.75 Å². The summed E-state index contributed by atoms with van der Waals surface area (Å²) in [5.41, 5.74) is 1.13. The molecule has 0 radical (unpaired) electrons. The Morgan fingerprint density at radius 2 is 1.85 bits per heavy atom. The molecule has 1 aromatic carbocycles. The summed E-state index contributed by atoms with van der Waals surface area (Å²) >= 11 is 0. The van der Waals surface area contributed by atoms with Crippen molar-refractivity contribution in [1.82, 2.24) is 5.32 Å². The Morgan fingerprint density at radius 3 is 2.40 bits per heavy atom. The lowest BCUT2D eigenvalue weighted by Crippen LogP contribution is -2.46. The summed E-state index contributed by atoms with van der Waals surface area (Å²) in [6.45, 7) is 6.07. The number of methoxy groups -OCH3 is 2. The fraction of sp³-hybridized carbons (Fsp3) is 0.562. The Kier molecular flexibility index (Phi) is 6.52. The molecular weight excluding hydrogens is 254 g/mol. The molecule has 0 amide bonds. The van der Waals surface area contributed by atoms with Gasteiger partial charge in [0.25, 0.3) is 0 Å². The molecule has 4 nitrogen and oxygen atoms in total. The monoisotopic (exact) mass is 279 g/mol. The third-order valence-corrected chi connectivity index (χ3v) is 3.30. The number of esters is 1. The number of ether oxygens (including phenoxy) is 2. The van der Waals surface area contributed by atoms with Crippen LogP contribution < -0.4 is 10.1 Å². The second-order valence-electron chi connectivity index (χ2n) is 5.33. The molecule has 0 saturated heterocycles. The predicted octanol–water partition coefficient (Wildman–Crippen LogP) is 2.41. The van der Waals surface area contributed by atoms with Gasteiger partial charge in [-0.15, -0.1) is 0 Å². The van der Waals surface area contributed by atoms with E-state index in [0.717, 1.165) is 17.7 Å². The van der Waals surface area contributed by atoms with Gasteiger partial charge in [0.05, 0.1) is 14.2 Å². The van der Waals surface area contributed by atoms with Crippen LogP contribution in [0.1, 0.15) is 26.3 Å². The van der Waals surface area contributed by atoms with Gasteiger partial charge in [0.1, 0.15) is 11.8 Å². The summed E-state index contributed by atoms with van der Waals surface area (Å²) in [5.74, 6) is 0.842. The Bertz CT molecular complexity index is 431. The molecule has 0 saturated carbocycles. The second kappa shape index (κ2) is 7.90. The third-order valence-electron chi connectivity index (χ3n) is 3.30. The fourth-order valence-electron chi connectivity index (χ4n) is 2.23. The second-order valence-corrected chi connectivity index (χ2v) is 5.33. The average Bonchev–Trinajstić information content (AvgIpc) is 2.44. The van der Waals surface area contributed by atoms with Crippen molar-refractivity contribution in [3.05, 3.63) is 29.8 Å². The van der Waals surface area contributed by atoms with Gasteiger partial charge in [-0.1, -0.05) is 32.0 Å². The first kappa shape index (κ1) is 16.5. The first-order valence-electron chi connectivity index (χ1n) is 6.95. The largest absolute Gasteiger partial charge is 0.496 e. The smallest absolute Gasteiger partial charge is 0.323 e. The number of para-hydroxylation sites is 1. The molecule has 1 unspecified atom stereocenters. The van der Waals surface area contributed by atoms with Crippen LogP contribution >= 0.6 is 0 Å². The molecule has 0 spiro atoms. The van der Waals surface area contributed by atoms with Crippen LogP contribution in [0.3, 0.4) is 0 Å². The standard InChI is InChI=1S/C16H25NO3/c1-11(2)15(16(18)20-5)17-12(3)10-13-8-6-7-9-14(13)19-4/h6-9,11-12,15,17H,10H2,1-5H3/t12?,15-/m0/s1. The maximum atomic E-state index is 11.8. The lowest BCUT2D eigenvalue weighted by atomic mass is 10.0. The molecule has 0 aliphatic rings. The van der Waals surface area contributed by atoms with Crippen LogP contribution in [0.2, 0.25) is 0 Å². The number of rotatable bonds is 7. The summed E-state index contributed by atoms with van der Waals surface area (Å²) in [4.78, 5) is 11.8. The molecule has 112 valence electrons.